The molecule has 0 bridgehead atoms. The molecule has 25 heavy (non-hydrogen) atoms. The maximum Gasteiger partial charge on any atom is 0.266 e. The van der Waals surface area contributed by atoms with E-state index in [0.717, 1.165) is 23.5 Å². The number of carbonyl (C=O) groups excluding carboxylic acids is 2. The van der Waals surface area contributed by atoms with E-state index in [0.29, 0.717) is 11.4 Å². The summed E-state index contributed by atoms with van der Waals surface area (Å²) in [5.41, 5.74) is 0.867. The number of hydrogen-bond acceptors (Lipinski definition) is 5. The number of guanidine groups is 1. The predicted molar refractivity (Wildman–Crippen MR) is 98.3 cm³/mol. The number of thiazole rings is 1. The Labute approximate surface area is 150 Å². The van der Waals surface area contributed by atoms with E-state index in [-0.39, 0.29) is 35.7 Å². The lowest BCUT2D eigenvalue weighted by molar-refractivity contribution is -0.120. The molecule has 1 aromatic heterocycles. The second-order valence-electron chi connectivity index (χ2n) is 6.67. The summed E-state index contributed by atoms with van der Waals surface area (Å²) in [5.74, 6) is -0.117. The van der Waals surface area contributed by atoms with Gasteiger partial charge in [0.05, 0.1) is 10.7 Å². The fourth-order valence-corrected chi connectivity index (χ4v) is 4.11. The van der Waals surface area contributed by atoms with Crippen molar-refractivity contribution in [3.63, 3.8) is 0 Å². The molecule has 1 N–H and O–H groups in total. The van der Waals surface area contributed by atoms with Crippen molar-refractivity contribution in [2.24, 2.45) is 9.98 Å². The van der Waals surface area contributed by atoms with Crippen molar-refractivity contribution in [1.82, 2.24) is 15.2 Å². The number of nitrogens with one attached hydrogen (secondary N) is 1. The molecule has 132 valence electrons. The van der Waals surface area contributed by atoms with Gasteiger partial charge in [0.2, 0.25) is 11.9 Å². The van der Waals surface area contributed by atoms with E-state index in [1.807, 2.05) is 0 Å². The molecule has 1 fully saturated rings. The van der Waals surface area contributed by atoms with Crippen LogP contribution in [0.4, 0.5) is 0 Å². The van der Waals surface area contributed by atoms with Gasteiger partial charge >= 0.3 is 0 Å². The van der Waals surface area contributed by atoms with Crippen LogP contribution in [-0.4, -0.2) is 47.5 Å². The number of fused-ring (bicyclic) bond motifs is 2. The van der Waals surface area contributed by atoms with E-state index in [9.17, 15) is 9.59 Å². The van der Waals surface area contributed by atoms with Gasteiger partial charge in [-0.15, -0.1) is 11.3 Å². The molecule has 7 nitrogen and oxygen atoms in total. The van der Waals surface area contributed by atoms with E-state index < -0.39 is 0 Å². The standard InChI is InChI=1S/C17H21N5O2S/c1-5-19-16(18-4)20-11(23)8-22-9-17(6-7-17)13-12(15(22)24)25-14(21-13)10(2)3/h5,10H,1,4,6-9H2,2-3H3,(H,19,20,23). The summed E-state index contributed by atoms with van der Waals surface area (Å²) >= 11 is 1.45. The van der Waals surface area contributed by atoms with Gasteiger partial charge in [-0.2, -0.15) is 0 Å². The Hall–Kier alpha value is -2.35. The third-order valence-corrected chi connectivity index (χ3v) is 5.76. The molecule has 0 aromatic carbocycles. The molecule has 0 radical (unpaired) electrons. The predicted octanol–water partition coefficient (Wildman–Crippen LogP) is 2.07. The van der Waals surface area contributed by atoms with Crippen LogP contribution in [-0.2, 0) is 10.2 Å². The van der Waals surface area contributed by atoms with Gasteiger partial charge in [0.25, 0.3) is 5.91 Å². The third-order valence-electron chi connectivity index (χ3n) is 4.42. The van der Waals surface area contributed by atoms with Gasteiger partial charge in [0.1, 0.15) is 11.4 Å². The molecule has 2 aliphatic rings. The van der Waals surface area contributed by atoms with Crippen LogP contribution in [0.15, 0.2) is 22.8 Å². The third kappa shape index (κ3) is 3.26. The van der Waals surface area contributed by atoms with Crippen molar-refractivity contribution in [2.45, 2.75) is 38.0 Å². The number of nitrogens with zero attached hydrogens (tertiary/aromatic N) is 4. The monoisotopic (exact) mass is 359 g/mol. The molecule has 0 unspecified atom stereocenters. The molecule has 0 atom stereocenters. The van der Waals surface area contributed by atoms with Crippen LogP contribution < -0.4 is 5.32 Å². The van der Waals surface area contributed by atoms with E-state index in [2.05, 4.69) is 42.4 Å². The maximum absolute atomic E-state index is 12.8. The smallest absolute Gasteiger partial charge is 0.266 e. The minimum absolute atomic E-state index is 0.0411. The fraction of sp³-hybridized carbons (Fsp3) is 0.471. The SMILES string of the molecule is C=CN=C(N=C)NC(=O)CN1CC2(CC2)c2nc(C(C)C)sc2C1=O. The van der Waals surface area contributed by atoms with Crippen LogP contribution in [0.1, 0.15) is 53.0 Å². The van der Waals surface area contributed by atoms with Crippen molar-refractivity contribution in [2.75, 3.05) is 13.1 Å². The number of carbonyl (C=O) groups is 2. The number of amides is 2. The number of rotatable bonds is 4. The van der Waals surface area contributed by atoms with Crippen molar-refractivity contribution in [3.8, 4) is 0 Å². The Morgan fingerprint density at radius 1 is 1.52 bits per heavy atom. The average Bonchev–Trinajstić information content (AvgIpc) is 3.17. The highest BCUT2D eigenvalue weighted by Crippen LogP contribution is 2.53. The average molecular weight is 359 g/mol. The summed E-state index contributed by atoms with van der Waals surface area (Å²) in [5, 5.41) is 3.51. The highest BCUT2D eigenvalue weighted by Gasteiger charge is 2.54. The first-order valence-electron chi connectivity index (χ1n) is 8.16. The van der Waals surface area contributed by atoms with Crippen LogP contribution in [0.3, 0.4) is 0 Å². The summed E-state index contributed by atoms with van der Waals surface area (Å²) in [6.45, 7) is 11.4. The molecule has 8 heteroatoms. The van der Waals surface area contributed by atoms with Crippen LogP contribution in [0.2, 0.25) is 0 Å². The van der Waals surface area contributed by atoms with Gasteiger partial charge in [-0.05, 0) is 19.6 Å². The Morgan fingerprint density at radius 3 is 2.80 bits per heavy atom. The van der Waals surface area contributed by atoms with Crippen molar-refractivity contribution < 1.29 is 9.59 Å². The molecule has 2 amide bonds. The molecular weight excluding hydrogens is 338 g/mol. The lowest BCUT2D eigenvalue weighted by atomic mass is 9.96. The zero-order valence-electron chi connectivity index (χ0n) is 14.4. The highest BCUT2D eigenvalue weighted by molar-refractivity contribution is 7.14. The first-order chi connectivity index (χ1) is 11.9. The van der Waals surface area contributed by atoms with Crippen molar-refractivity contribution in [1.29, 1.82) is 0 Å². The normalized spacial score (nSPS) is 18.3. The molecular formula is C17H21N5O2S. The first-order valence-corrected chi connectivity index (χ1v) is 8.97. The summed E-state index contributed by atoms with van der Waals surface area (Å²) in [4.78, 5) is 39.5. The molecule has 3 rings (SSSR count). The highest BCUT2D eigenvalue weighted by atomic mass is 32.1. The van der Waals surface area contributed by atoms with Gasteiger partial charge in [-0.3, -0.25) is 14.9 Å². The first kappa shape index (κ1) is 17.5. The van der Waals surface area contributed by atoms with E-state index in [1.54, 1.807) is 4.90 Å². The van der Waals surface area contributed by atoms with Crippen LogP contribution >= 0.6 is 11.3 Å². The Balaban J connectivity index is 1.79. The van der Waals surface area contributed by atoms with Gasteiger partial charge in [0.15, 0.2) is 0 Å². The number of aromatic nitrogens is 1. The molecule has 1 aromatic rings. The fourth-order valence-electron chi connectivity index (χ4n) is 2.95. The molecule has 1 saturated carbocycles. The Bertz CT molecular complexity index is 776. The van der Waals surface area contributed by atoms with Crippen LogP contribution in [0.5, 0.6) is 0 Å². The van der Waals surface area contributed by atoms with Crippen molar-refractivity contribution in [3.05, 3.63) is 28.4 Å². The number of aliphatic imine (C=N–C) groups is 2. The summed E-state index contributed by atoms with van der Waals surface area (Å²) in [6.07, 6.45) is 3.28. The van der Waals surface area contributed by atoms with Crippen LogP contribution in [0, 0.1) is 0 Å². The number of hydrogen-bond donors (Lipinski definition) is 1. The van der Waals surface area contributed by atoms with Crippen LogP contribution in [0.25, 0.3) is 0 Å². The van der Waals surface area contributed by atoms with E-state index in [4.69, 9.17) is 4.98 Å². The lowest BCUT2D eigenvalue weighted by Gasteiger charge is -2.31. The maximum atomic E-state index is 12.8. The van der Waals surface area contributed by atoms with Crippen molar-refractivity contribution >= 4 is 35.8 Å². The zero-order chi connectivity index (χ0) is 18.2. The quantitative estimate of drug-likeness (QED) is 0.659. The van der Waals surface area contributed by atoms with Gasteiger partial charge in [-0.1, -0.05) is 20.4 Å². The van der Waals surface area contributed by atoms with Gasteiger partial charge in [0, 0.05) is 24.1 Å². The molecule has 1 aliphatic heterocycles. The summed E-state index contributed by atoms with van der Waals surface area (Å²) in [7, 11) is 0. The van der Waals surface area contributed by atoms with Gasteiger partial charge in [-0.25, -0.2) is 15.0 Å². The molecule has 2 heterocycles. The molecule has 0 saturated heterocycles. The summed E-state index contributed by atoms with van der Waals surface area (Å²) in [6, 6.07) is 0. The van der Waals surface area contributed by atoms with E-state index >= 15 is 0 Å². The minimum Gasteiger partial charge on any atom is -0.328 e. The van der Waals surface area contributed by atoms with E-state index in [1.165, 1.54) is 17.5 Å². The topological polar surface area (TPSA) is 87.0 Å². The summed E-state index contributed by atoms with van der Waals surface area (Å²) < 4.78 is 0. The Morgan fingerprint density at radius 2 is 2.24 bits per heavy atom. The van der Waals surface area contributed by atoms with Gasteiger partial charge < -0.3 is 4.90 Å². The molecule has 1 spiro atoms. The Kier molecular flexibility index (Phi) is 4.55. The second kappa shape index (κ2) is 6.51. The minimum atomic E-state index is -0.353. The lowest BCUT2D eigenvalue weighted by Crippen LogP contribution is -2.48. The molecule has 1 aliphatic carbocycles. The zero-order valence-corrected chi connectivity index (χ0v) is 15.2. The largest absolute Gasteiger partial charge is 0.328 e. The second-order valence-corrected chi connectivity index (χ2v) is 7.70.